The summed E-state index contributed by atoms with van der Waals surface area (Å²) in [5.74, 6) is 0.917. The molecule has 5 heteroatoms. The molecule has 0 amide bonds. The molecule has 2 aromatic rings. The third-order valence-corrected chi connectivity index (χ3v) is 7.42. The number of hydrogen-bond donors (Lipinski definition) is 2. The molecule has 3 N–H and O–H groups in total. The van der Waals surface area contributed by atoms with Crippen LogP contribution in [-0.2, 0) is 5.41 Å². The highest BCUT2D eigenvalue weighted by Gasteiger charge is 2.42. The van der Waals surface area contributed by atoms with Gasteiger partial charge >= 0.3 is 0 Å². The number of benzene rings is 2. The molecule has 2 aromatic carbocycles. The van der Waals surface area contributed by atoms with E-state index in [1.807, 2.05) is 12.1 Å². The quantitative estimate of drug-likeness (QED) is 0.278. The van der Waals surface area contributed by atoms with Crippen molar-refractivity contribution in [2.24, 2.45) is 11.7 Å². The van der Waals surface area contributed by atoms with Gasteiger partial charge in [-0.2, -0.15) is 0 Å². The highest BCUT2D eigenvalue weighted by molar-refractivity contribution is 6.31. The second-order valence-corrected chi connectivity index (χ2v) is 9.68. The fourth-order valence-electron chi connectivity index (χ4n) is 5.24. The predicted octanol–water partition coefficient (Wildman–Crippen LogP) is 8.07. The maximum atomic E-state index is 7.76. The van der Waals surface area contributed by atoms with E-state index in [1.165, 1.54) is 41.8 Å². The van der Waals surface area contributed by atoms with Gasteiger partial charge < -0.3 is 10.6 Å². The summed E-state index contributed by atoms with van der Waals surface area (Å²) < 4.78 is 0. The van der Waals surface area contributed by atoms with E-state index in [4.69, 9.17) is 34.3 Å². The van der Waals surface area contributed by atoms with E-state index >= 15 is 0 Å². The Morgan fingerprint density at radius 2 is 1.52 bits per heavy atom. The molecule has 31 heavy (non-hydrogen) atoms. The molecular weight excluding hydrogens is 425 g/mol. The SMILES string of the molecule is CCCC1(CCC(CC)CC)c2cc(Cl)ccc2N(CCC(=N)N)c2ccc(Cl)cc21. The Morgan fingerprint density at radius 1 is 0.968 bits per heavy atom. The highest BCUT2D eigenvalue weighted by atomic mass is 35.5. The first-order valence-electron chi connectivity index (χ1n) is 11.6. The van der Waals surface area contributed by atoms with E-state index in [0.717, 1.165) is 35.2 Å². The number of fused-ring (bicyclic) bond motifs is 2. The zero-order valence-corrected chi connectivity index (χ0v) is 20.5. The van der Waals surface area contributed by atoms with Crippen molar-refractivity contribution in [3.05, 3.63) is 57.6 Å². The van der Waals surface area contributed by atoms with Crippen LogP contribution in [0.2, 0.25) is 10.0 Å². The molecule has 0 saturated heterocycles. The van der Waals surface area contributed by atoms with Crippen LogP contribution in [0.3, 0.4) is 0 Å². The van der Waals surface area contributed by atoms with Crippen LogP contribution >= 0.6 is 23.2 Å². The van der Waals surface area contributed by atoms with Gasteiger partial charge in [0.2, 0.25) is 0 Å². The van der Waals surface area contributed by atoms with Crippen LogP contribution in [0.15, 0.2) is 36.4 Å². The van der Waals surface area contributed by atoms with Crippen LogP contribution in [0.4, 0.5) is 11.4 Å². The molecule has 3 rings (SSSR count). The molecule has 168 valence electrons. The monoisotopic (exact) mass is 459 g/mol. The summed E-state index contributed by atoms with van der Waals surface area (Å²) >= 11 is 13.1. The summed E-state index contributed by atoms with van der Waals surface area (Å²) in [4.78, 5) is 2.30. The Kier molecular flexibility index (Phi) is 7.93. The topological polar surface area (TPSA) is 53.1 Å². The molecule has 0 spiro atoms. The van der Waals surface area contributed by atoms with Crippen LogP contribution in [0.5, 0.6) is 0 Å². The van der Waals surface area contributed by atoms with E-state index in [1.54, 1.807) is 0 Å². The van der Waals surface area contributed by atoms with E-state index < -0.39 is 0 Å². The van der Waals surface area contributed by atoms with Gasteiger partial charge in [0.15, 0.2) is 0 Å². The maximum absolute atomic E-state index is 7.76. The van der Waals surface area contributed by atoms with E-state index in [-0.39, 0.29) is 11.3 Å². The van der Waals surface area contributed by atoms with Gasteiger partial charge in [0.25, 0.3) is 0 Å². The van der Waals surface area contributed by atoms with Gasteiger partial charge in [-0.05, 0) is 72.7 Å². The molecule has 0 radical (unpaired) electrons. The lowest BCUT2D eigenvalue weighted by Crippen LogP contribution is -2.38. The van der Waals surface area contributed by atoms with Crippen LogP contribution in [0, 0.1) is 11.3 Å². The Hall–Kier alpha value is -1.71. The lowest BCUT2D eigenvalue weighted by atomic mass is 9.64. The van der Waals surface area contributed by atoms with Crippen LogP contribution < -0.4 is 10.6 Å². The Balaban J connectivity index is 2.22. The lowest BCUT2D eigenvalue weighted by molar-refractivity contribution is 0.349. The molecule has 0 saturated carbocycles. The Morgan fingerprint density at radius 3 is 1.97 bits per heavy atom. The van der Waals surface area contributed by atoms with Crippen molar-refractivity contribution in [2.75, 3.05) is 11.4 Å². The molecule has 1 aliphatic rings. The number of hydrogen-bond acceptors (Lipinski definition) is 2. The van der Waals surface area contributed by atoms with Gasteiger partial charge in [-0.3, -0.25) is 5.41 Å². The fourth-order valence-corrected chi connectivity index (χ4v) is 5.58. The highest BCUT2D eigenvalue weighted by Crippen LogP contribution is 2.55. The average molecular weight is 460 g/mol. The Bertz CT molecular complexity index is 867. The normalized spacial score (nSPS) is 14.5. The molecule has 0 unspecified atom stereocenters. The molecule has 0 aromatic heterocycles. The summed E-state index contributed by atoms with van der Waals surface area (Å²) in [5, 5.41) is 9.28. The maximum Gasteiger partial charge on any atom is 0.0923 e. The minimum absolute atomic E-state index is 0.121. The number of amidine groups is 1. The summed E-state index contributed by atoms with van der Waals surface area (Å²) in [6, 6.07) is 12.5. The largest absolute Gasteiger partial charge is 0.388 e. The van der Waals surface area contributed by atoms with Crippen molar-refractivity contribution in [3.8, 4) is 0 Å². The third-order valence-electron chi connectivity index (χ3n) is 6.95. The van der Waals surface area contributed by atoms with E-state index in [2.05, 4.69) is 49.9 Å². The van der Waals surface area contributed by atoms with Gasteiger partial charge in [-0.25, -0.2) is 0 Å². The second-order valence-electron chi connectivity index (χ2n) is 8.80. The third kappa shape index (κ3) is 4.88. The first-order chi connectivity index (χ1) is 14.9. The fraction of sp³-hybridized carbons (Fsp3) is 0.500. The molecule has 0 fully saturated rings. The van der Waals surface area contributed by atoms with Crippen molar-refractivity contribution in [2.45, 2.75) is 71.1 Å². The Labute approximate surface area is 197 Å². The molecule has 1 heterocycles. The number of nitrogens with two attached hydrogens (primary N) is 1. The lowest BCUT2D eigenvalue weighted by Gasteiger charge is -2.46. The van der Waals surface area contributed by atoms with Gasteiger partial charge in [-0.15, -0.1) is 0 Å². The first-order valence-corrected chi connectivity index (χ1v) is 12.3. The van der Waals surface area contributed by atoms with Crippen molar-refractivity contribution in [3.63, 3.8) is 0 Å². The molecule has 0 atom stereocenters. The summed E-state index contributed by atoms with van der Waals surface area (Å²) in [5.41, 5.74) is 10.5. The van der Waals surface area contributed by atoms with Gasteiger partial charge in [0.1, 0.15) is 0 Å². The number of rotatable bonds is 10. The predicted molar refractivity (Wildman–Crippen MR) is 135 cm³/mol. The summed E-state index contributed by atoms with van der Waals surface area (Å²) in [6.45, 7) is 7.50. The van der Waals surface area contributed by atoms with Gasteiger partial charge in [-0.1, -0.05) is 63.2 Å². The van der Waals surface area contributed by atoms with Gasteiger partial charge in [0, 0.05) is 39.8 Å². The molecule has 3 nitrogen and oxygen atoms in total. The minimum atomic E-state index is -0.121. The van der Waals surface area contributed by atoms with E-state index in [0.29, 0.717) is 13.0 Å². The molecular formula is C26H35Cl2N3. The molecule has 0 bridgehead atoms. The zero-order chi connectivity index (χ0) is 22.6. The van der Waals surface area contributed by atoms with Crippen molar-refractivity contribution >= 4 is 40.4 Å². The van der Waals surface area contributed by atoms with Gasteiger partial charge in [0.05, 0.1) is 5.84 Å². The van der Waals surface area contributed by atoms with Crippen molar-refractivity contribution in [1.82, 2.24) is 0 Å². The standard InChI is InChI=1S/C26H35Cl2N3/c1-4-13-26(14-11-18(5-2)6-3)21-16-19(27)7-9-23(21)31(15-12-25(29)30)24-10-8-20(28)17-22(24)26/h7-10,16-18H,4-6,11-15H2,1-3H3,(H3,29,30). The number of halogens is 2. The first kappa shape index (κ1) is 23.9. The summed E-state index contributed by atoms with van der Waals surface area (Å²) in [6.07, 6.45) is 7.30. The number of nitrogens with one attached hydrogen (secondary N) is 1. The molecule has 0 aliphatic carbocycles. The van der Waals surface area contributed by atoms with E-state index in [9.17, 15) is 0 Å². The zero-order valence-electron chi connectivity index (χ0n) is 19.0. The smallest absolute Gasteiger partial charge is 0.0923 e. The number of anilines is 2. The van der Waals surface area contributed by atoms with Crippen molar-refractivity contribution < 1.29 is 0 Å². The van der Waals surface area contributed by atoms with Crippen LogP contribution in [0.25, 0.3) is 0 Å². The second kappa shape index (κ2) is 10.3. The average Bonchev–Trinajstić information content (AvgIpc) is 2.74. The summed E-state index contributed by atoms with van der Waals surface area (Å²) in [7, 11) is 0. The molecule has 1 aliphatic heterocycles. The van der Waals surface area contributed by atoms with Crippen molar-refractivity contribution in [1.29, 1.82) is 5.41 Å². The number of nitrogens with zero attached hydrogens (tertiary/aromatic N) is 1. The van der Waals surface area contributed by atoms with Crippen LogP contribution in [-0.4, -0.2) is 12.4 Å². The minimum Gasteiger partial charge on any atom is -0.388 e. The van der Waals surface area contributed by atoms with Crippen LogP contribution in [0.1, 0.15) is 76.8 Å².